The fourth-order valence-electron chi connectivity index (χ4n) is 0.978. The van der Waals surface area contributed by atoms with Gasteiger partial charge in [0.2, 0.25) is 0 Å². The third-order valence-electron chi connectivity index (χ3n) is 1.55. The van der Waals surface area contributed by atoms with Crippen molar-refractivity contribution in [2.24, 2.45) is 0 Å². The van der Waals surface area contributed by atoms with E-state index in [1.165, 1.54) is 0 Å². The van der Waals surface area contributed by atoms with Gasteiger partial charge in [0.1, 0.15) is 11.6 Å². The maximum Gasteiger partial charge on any atom is 0.419 e. The summed E-state index contributed by atoms with van der Waals surface area (Å²) < 4.78 is 54.1. The Morgan fingerprint density at radius 2 is 1.75 bits per heavy atom. The van der Waals surface area contributed by atoms with Gasteiger partial charge >= 0.3 is 6.18 Å². The fourth-order valence-corrected chi connectivity index (χ4v) is 0.978. The molecule has 0 saturated carbocycles. The van der Waals surface area contributed by atoms with Crippen LogP contribution < -0.4 is 4.74 Å². The smallest absolute Gasteiger partial charge is 0.419 e. The maximum absolute atomic E-state index is 12.7. The summed E-state index contributed by atoms with van der Waals surface area (Å²) >= 11 is 0. The third-order valence-corrected chi connectivity index (χ3v) is 1.55. The van der Waals surface area contributed by atoms with Crippen molar-refractivity contribution in [1.29, 1.82) is 0 Å². The summed E-state index contributed by atoms with van der Waals surface area (Å²) in [5.41, 5.74) is -1.30. The lowest BCUT2D eigenvalue weighted by Gasteiger charge is -2.10. The van der Waals surface area contributed by atoms with E-state index in [0.717, 1.165) is 12.1 Å². The average Bonchev–Trinajstić information content (AvgIpc) is 2.23. The molecular formula is C11H14F4O. The Kier molecular flexibility index (Phi) is 5.85. The van der Waals surface area contributed by atoms with Crippen LogP contribution in [-0.4, -0.2) is 6.61 Å². The molecule has 1 aromatic carbocycles. The van der Waals surface area contributed by atoms with Gasteiger partial charge in [-0.15, -0.1) is 0 Å². The monoisotopic (exact) mass is 238 g/mol. The number of rotatable bonds is 2. The van der Waals surface area contributed by atoms with Crippen LogP contribution in [0.15, 0.2) is 18.2 Å². The van der Waals surface area contributed by atoms with E-state index in [2.05, 4.69) is 0 Å². The molecule has 1 aromatic rings. The van der Waals surface area contributed by atoms with Gasteiger partial charge in [-0.3, -0.25) is 0 Å². The van der Waals surface area contributed by atoms with Crippen molar-refractivity contribution in [3.8, 4) is 5.75 Å². The van der Waals surface area contributed by atoms with Crippen LogP contribution in [0.3, 0.4) is 0 Å². The van der Waals surface area contributed by atoms with E-state index in [0.29, 0.717) is 6.07 Å². The first-order valence-corrected chi connectivity index (χ1v) is 4.94. The highest BCUT2D eigenvalue weighted by Crippen LogP contribution is 2.33. The minimum atomic E-state index is -4.68. The zero-order valence-electron chi connectivity index (χ0n) is 9.36. The predicted molar refractivity (Wildman–Crippen MR) is 53.9 cm³/mol. The van der Waals surface area contributed by atoms with Crippen molar-refractivity contribution in [2.45, 2.75) is 26.9 Å². The normalized spacial score (nSPS) is 10.4. The molecule has 1 nitrogen and oxygen atoms in total. The molecule has 0 heterocycles. The molecule has 0 aliphatic carbocycles. The van der Waals surface area contributed by atoms with Gasteiger partial charge in [-0.05, 0) is 25.1 Å². The van der Waals surface area contributed by atoms with E-state index in [4.69, 9.17) is 4.74 Å². The van der Waals surface area contributed by atoms with Crippen LogP contribution >= 0.6 is 0 Å². The molecule has 0 amide bonds. The number of hydrogen-bond donors (Lipinski definition) is 0. The highest BCUT2D eigenvalue weighted by molar-refractivity contribution is 5.31. The molecule has 5 heteroatoms. The molecule has 0 unspecified atom stereocenters. The Hall–Kier alpha value is -1.26. The van der Waals surface area contributed by atoms with Crippen LogP contribution in [0.4, 0.5) is 17.6 Å². The second-order valence-electron chi connectivity index (χ2n) is 2.57. The van der Waals surface area contributed by atoms with Crippen molar-refractivity contribution in [3.05, 3.63) is 29.6 Å². The van der Waals surface area contributed by atoms with Crippen molar-refractivity contribution in [1.82, 2.24) is 0 Å². The first-order chi connectivity index (χ1) is 7.45. The molecule has 0 radical (unpaired) electrons. The number of alkyl halides is 3. The molecule has 0 bridgehead atoms. The lowest BCUT2D eigenvalue weighted by Crippen LogP contribution is -2.08. The van der Waals surface area contributed by atoms with E-state index in [-0.39, 0.29) is 12.4 Å². The zero-order chi connectivity index (χ0) is 12.8. The van der Waals surface area contributed by atoms with Crippen molar-refractivity contribution >= 4 is 0 Å². The van der Waals surface area contributed by atoms with E-state index in [9.17, 15) is 17.6 Å². The lowest BCUT2D eigenvalue weighted by atomic mass is 10.2. The van der Waals surface area contributed by atoms with Crippen LogP contribution in [0.25, 0.3) is 0 Å². The topological polar surface area (TPSA) is 9.23 Å². The summed E-state index contributed by atoms with van der Waals surface area (Å²) in [4.78, 5) is 0. The Morgan fingerprint density at radius 3 is 2.19 bits per heavy atom. The van der Waals surface area contributed by atoms with Gasteiger partial charge < -0.3 is 4.74 Å². The first kappa shape index (κ1) is 14.7. The molecule has 16 heavy (non-hydrogen) atoms. The maximum atomic E-state index is 12.7. The second kappa shape index (κ2) is 6.35. The van der Waals surface area contributed by atoms with Crippen molar-refractivity contribution in [3.63, 3.8) is 0 Å². The summed E-state index contributed by atoms with van der Waals surface area (Å²) in [6.45, 7) is 5.87. The van der Waals surface area contributed by atoms with Gasteiger partial charge in [0.25, 0.3) is 0 Å². The predicted octanol–water partition coefficient (Wildman–Crippen LogP) is 4.27. The van der Waals surface area contributed by atoms with Crippen LogP contribution in [0.5, 0.6) is 5.75 Å². The second-order valence-corrected chi connectivity index (χ2v) is 2.57. The molecule has 0 saturated heterocycles. The van der Waals surface area contributed by atoms with E-state index < -0.39 is 17.6 Å². The Bertz CT molecular complexity index is 320. The number of ether oxygens (including phenoxy) is 1. The molecule has 1 rings (SSSR count). The van der Waals surface area contributed by atoms with E-state index in [1.807, 2.05) is 13.8 Å². The first-order valence-electron chi connectivity index (χ1n) is 4.94. The quantitative estimate of drug-likeness (QED) is 0.699. The fraction of sp³-hybridized carbons (Fsp3) is 0.455. The van der Waals surface area contributed by atoms with Crippen molar-refractivity contribution in [2.75, 3.05) is 6.61 Å². The number of hydrogen-bond acceptors (Lipinski definition) is 1. The van der Waals surface area contributed by atoms with Crippen LogP contribution in [-0.2, 0) is 6.18 Å². The molecule has 0 N–H and O–H groups in total. The summed E-state index contributed by atoms with van der Waals surface area (Å²) in [5.74, 6) is -1.28. The highest BCUT2D eigenvalue weighted by atomic mass is 19.4. The van der Waals surface area contributed by atoms with E-state index >= 15 is 0 Å². The average molecular weight is 238 g/mol. The number of halogens is 4. The molecular weight excluding hydrogens is 224 g/mol. The molecule has 0 aliphatic rings. The summed E-state index contributed by atoms with van der Waals surface area (Å²) in [5, 5.41) is 0. The van der Waals surface area contributed by atoms with E-state index in [1.54, 1.807) is 6.92 Å². The van der Waals surface area contributed by atoms with Crippen molar-refractivity contribution < 1.29 is 22.3 Å². The van der Waals surface area contributed by atoms with Gasteiger partial charge in [-0.25, -0.2) is 4.39 Å². The Morgan fingerprint density at radius 1 is 1.19 bits per heavy atom. The largest absolute Gasteiger partial charge is 0.494 e. The summed E-state index contributed by atoms with van der Waals surface area (Å²) in [7, 11) is 0. The van der Waals surface area contributed by atoms with Gasteiger partial charge in [-0.2, -0.15) is 13.2 Å². The Balaban J connectivity index is 0.00000106. The van der Waals surface area contributed by atoms with Gasteiger partial charge in [-0.1, -0.05) is 13.8 Å². The molecule has 0 atom stereocenters. The van der Waals surface area contributed by atoms with Gasteiger partial charge in [0, 0.05) is 0 Å². The molecule has 92 valence electrons. The molecule has 0 fully saturated rings. The minimum Gasteiger partial charge on any atom is -0.494 e. The highest BCUT2D eigenvalue weighted by Gasteiger charge is 2.34. The summed E-state index contributed by atoms with van der Waals surface area (Å²) in [6, 6.07) is 2.56. The molecule has 0 spiro atoms. The third kappa shape index (κ3) is 4.08. The molecule has 0 aromatic heterocycles. The Labute approximate surface area is 92.0 Å². The molecule has 0 aliphatic heterocycles. The SMILES string of the molecule is CC.CCOc1ccc(F)c(C(F)(F)F)c1. The summed E-state index contributed by atoms with van der Waals surface area (Å²) in [6.07, 6.45) is -4.68. The van der Waals surface area contributed by atoms with Crippen LogP contribution in [0.1, 0.15) is 26.3 Å². The van der Waals surface area contributed by atoms with Gasteiger partial charge in [0.15, 0.2) is 0 Å². The minimum absolute atomic E-state index is 0.0150. The zero-order valence-corrected chi connectivity index (χ0v) is 9.36. The van der Waals surface area contributed by atoms with Crippen LogP contribution in [0, 0.1) is 5.82 Å². The van der Waals surface area contributed by atoms with Gasteiger partial charge in [0.05, 0.1) is 12.2 Å². The lowest BCUT2D eigenvalue weighted by molar-refractivity contribution is -0.140. The standard InChI is InChI=1S/C9H8F4O.C2H6/c1-2-14-6-3-4-8(10)7(5-6)9(11,12)13;1-2/h3-5H,2H2,1H3;1-2H3. The van der Waals surface area contributed by atoms with Crippen LogP contribution in [0.2, 0.25) is 0 Å². The number of benzene rings is 1.